The SMILES string of the molecule is Cc1cc(NCc2ccc(Br)cc2N2CCOCC2)n2ncnc2n1. The van der Waals surface area contributed by atoms with Crippen LogP contribution in [-0.2, 0) is 11.3 Å². The van der Waals surface area contributed by atoms with E-state index in [1.165, 1.54) is 17.6 Å². The van der Waals surface area contributed by atoms with Gasteiger partial charge in [0.05, 0.1) is 13.2 Å². The van der Waals surface area contributed by atoms with Gasteiger partial charge in [0, 0.05) is 41.6 Å². The Morgan fingerprint density at radius 3 is 2.92 bits per heavy atom. The van der Waals surface area contributed by atoms with Crippen molar-refractivity contribution >= 4 is 33.2 Å². The molecule has 0 radical (unpaired) electrons. The quantitative estimate of drug-likeness (QED) is 0.723. The van der Waals surface area contributed by atoms with Gasteiger partial charge in [-0.15, -0.1) is 0 Å². The zero-order valence-corrected chi connectivity index (χ0v) is 15.5. The molecular weight excluding hydrogens is 384 g/mol. The third kappa shape index (κ3) is 3.45. The molecule has 4 rings (SSSR count). The second-order valence-corrected chi connectivity index (χ2v) is 6.90. The predicted molar refractivity (Wildman–Crippen MR) is 100 cm³/mol. The van der Waals surface area contributed by atoms with E-state index < -0.39 is 0 Å². The summed E-state index contributed by atoms with van der Waals surface area (Å²) in [6, 6.07) is 8.37. The zero-order valence-electron chi connectivity index (χ0n) is 13.9. The standard InChI is InChI=1S/C17H19BrN6O/c1-12-8-16(24-17(22-12)20-11-21-24)19-10-13-2-3-14(18)9-15(13)23-4-6-25-7-5-23/h2-3,8-9,11,19H,4-7,10H2,1H3. The van der Waals surface area contributed by atoms with E-state index in [1.54, 1.807) is 4.52 Å². The molecule has 3 aromatic rings. The summed E-state index contributed by atoms with van der Waals surface area (Å²) >= 11 is 3.59. The number of aromatic nitrogens is 4. The van der Waals surface area contributed by atoms with Crippen LogP contribution < -0.4 is 10.2 Å². The van der Waals surface area contributed by atoms with E-state index >= 15 is 0 Å². The van der Waals surface area contributed by atoms with Crippen LogP contribution in [0.25, 0.3) is 5.78 Å². The van der Waals surface area contributed by atoms with Crippen LogP contribution in [-0.4, -0.2) is 45.9 Å². The van der Waals surface area contributed by atoms with Crippen LogP contribution in [0.15, 0.2) is 35.1 Å². The highest BCUT2D eigenvalue weighted by Crippen LogP contribution is 2.27. The molecule has 0 spiro atoms. The number of hydrogen-bond acceptors (Lipinski definition) is 6. The Balaban J connectivity index is 1.61. The van der Waals surface area contributed by atoms with E-state index in [2.05, 4.69) is 59.4 Å². The van der Waals surface area contributed by atoms with Crippen molar-refractivity contribution < 1.29 is 4.74 Å². The first-order valence-corrected chi connectivity index (χ1v) is 9.02. The number of nitrogens with one attached hydrogen (secondary N) is 1. The molecule has 1 fully saturated rings. The first-order chi connectivity index (χ1) is 12.2. The minimum absolute atomic E-state index is 0.603. The number of morpholine rings is 1. The lowest BCUT2D eigenvalue weighted by molar-refractivity contribution is 0.122. The Morgan fingerprint density at radius 1 is 1.24 bits per heavy atom. The van der Waals surface area contributed by atoms with Crippen LogP contribution in [0.2, 0.25) is 0 Å². The van der Waals surface area contributed by atoms with Gasteiger partial charge in [0.1, 0.15) is 12.1 Å². The summed E-state index contributed by atoms with van der Waals surface area (Å²) in [6.07, 6.45) is 1.52. The van der Waals surface area contributed by atoms with Gasteiger partial charge in [-0.05, 0) is 24.6 Å². The monoisotopic (exact) mass is 402 g/mol. The minimum Gasteiger partial charge on any atom is -0.378 e. The van der Waals surface area contributed by atoms with Crippen molar-refractivity contribution in [2.45, 2.75) is 13.5 Å². The Bertz CT molecular complexity index is 890. The van der Waals surface area contributed by atoms with E-state index in [-0.39, 0.29) is 0 Å². The molecule has 1 aromatic carbocycles. The van der Waals surface area contributed by atoms with E-state index in [0.29, 0.717) is 12.3 Å². The average Bonchev–Trinajstić information content (AvgIpc) is 3.09. The molecule has 2 aromatic heterocycles. The maximum atomic E-state index is 5.48. The Kier molecular flexibility index (Phi) is 4.54. The Labute approximate surface area is 154 Å². The molecule has 0 amide bonds. The highest BCUT2D eigenvalue weighted by molar-refractivity contribution is 9.10. The molecule has 8 heteroatoms. The van der Waals surface area contributed by atoms with Crippen molar-refractivity contribution in [3.8, 4) is 0 Å². The molecule has 0 unspecified atom stereocenters. The lowest BCUT2D eigenvalue weighted by Crippen LogP contribution is -2.37. The lowest BCUT2D eigenvalue weighted by atomic mass is 10.1. The molecule has 7 nitrogen and oxygen atoms in total. The normalized spacial score (nSPS) is 14.9. The highest BCUT2D eigenvalue weighted by Gasteiger charge is 2.15. The van der Waals surface area contributed by atoms with Gasteiger partial charge < -0.3 is 15.0 Å². The number of hydrogen-bond donors (Lipinski definition) is 1. The summed E-state index contributed by atoms with van der Waals surface area (Å²) in [5, 5.41) is 7.72. The van der Waals surface area contributed by atoms with Gasteiger partial charge >= 0.3 is 0 Å². The summed E-state index contributed by atoms with van der Waals surface area (Å²) in [5.41, 5.74) is 3.37. The molecule has 1 aliphatic rings. The van der Waals surface area contributed by atoms with E-state index in [9.17, 15) is 0 Å². The van der Waals surface area contributed by atoms with E-state index in [1.807, 2.05) is 13.0 Å². The average molecular weight is 403 g/mol. The molecular formula is C17H19BrN6O. The molecule has 1 saturated heterocycles. The van der Waals surface area contributed by atoms with E-state index in [4.69, 9.17) is 4.74 Å². The van der Waals surface area contributed by atoms with Crippen LogP contribution in [0.3, 0.4) is 0 Å². The van der Waals surface area contributed by atoms with Crippen molar-refractivity contribution in [2.24, 2.45) is 0 Å². The highest BCUT2D eigenvalue weighted by atomic mass is 79.9. The maximum Gasteiger partial charge on any atom is 0.254 e. The van der Waals surface area contributed by atoms with E-state index in [0.717, 1.165) is 42.3 Å². The van der Waals surface area contributed by atoms with Gasteiger partial charge in [-0.25, -0.2) is 4.98 Å². The second kappa shape index (κ2) is 6.97. The van der Waals surface area contributed by atoms with Gasteiger partial charge in [0.25, 0.3) is 5.78 Å². The minimum atomic E-state index is 0.603. The van der Waals surface area contributed by atoms with Gasteiger partial charge in [-0.1, -0.05) is 22.0 Å². The molecule has 130 valence electrons. The summed E-state index contributed by atoms with van der Waals surface area (Å²) < 4.78 is 8.28. The fourth-order valence-electron chi connectivity index (χ4n) is 3.03. The molecule has 0 saturated carbocycles. The summed E-state index contributed by atoms with van der Waals surface area (Å²) in [7, 11) is 0. The molecule has 1 N–H and O–H groups in total. The van der Waals surface area contributed by atoms with Gasteiger partial charge in [-0.3, -0.25) is 0 Å². The van der Waals surface area contributed by atoms with Crippen LogP contribution in [0, 0.1) is 6.92 Å². The molecule has 1 aliphatic heterocycles. The Hall–Kier alpha value is -2.19. The smallest absolute Gasteiger partial charge is 0.254 e. The molecule has 25 heavy (non-hydrogen) atoms. The molecule has 0 bridgehead atoms. The number of anilines is 2. The first-order valence-electron chi connectivity index (χ1n) is 8.23. The van der Waals surface area contributed by atoms with Gasteiger partial charge in [0.2, 0.25) is 0 Å². The van der Waals surface area contributed by atoms with Crippen molar-refractivity contribution in [1.29, 1.82) is 0 Å². The van der Waals surface area contributed by atoms with Crippen LogP contribution in [0.4, 0.5) is 11.5 Å². The predicted octanol–water partition coefficient (Wildman–Crippen LogP) is 2.64. The number of benzene rings is 1. The van der Waals surface area contributed by atoms with Gasteiger partial charge in [-0.2, -0.15) is 14.6 Å². The third-order valence-electron chi connectivity index (χ3n) is 4.24. The van der Waals surface area contributed by atoms with Crippen molar-refractivity contribution in [1.82, 2.24) is 19.6 Å². The van der Waals surface area contributed by atoms with Crippen LogP contribution >= 0.6 is 15.9 Å². The van der Waals surface area contributed by atoms with Gasteiger partial charge in [0.15, 0.2) is 0 Å². The fourth-order valence-corrected chi connectivity index (χ4v) is 3.38. The number of fused-ring (bicyclic) bond motifs is 1. The number of rotatable bonds is 4. The third-order valence-corrected chi connectivity index (χ3v) is 4.73. The summed E-state index contributed by atoms with van der Waals surface area (Å²) in [6.45, 7) is 6.00. The summed E-state index contributed by atoms with van der Waals surface area (Å²) in [4.78, 5) is 10.9. The number of aryl methyl sites for hydroxylation is 1. The molecule has 0 aliphatic carbocycles. The maximum absolute atomic E-state index is 5.48. The van der Waals surface area contributed by atoms with Crippen molar-refractivity contribution in [3.05, 3.63) is 46.3 Å². The topological polar surface area (TPSA) is 67.6 Å². The number of halogens is 1. The first kappa shape index (κ1) is 16.3. The van der Waals surface area contributed by atoms with Crippen molar-refractivity contribution in [3.63, 3.8) is 0 Å². The largest absolute Gasteiger partial charge is 0.378 e. The lowest BCUT2D eigenvalue weighted by Gasteiger charge is -2.31. The van der Waals surface area contributed by atoms with Crippen LogP contribution in [0.5, 0.6) is 0 Å². The second-order valence-electron chi connectivity index (χ2n) is 5.98. The molecule has 0 atom stereocenters. The zero-order chi connectivity index (χ0) is 17.2. The number of ether oxygens (including phenoxy) is 1. The summed E-state index contributed by atoms with van der Waals surface area (Å²) in [5.74, 6) is 1.49. The van der Waals surface area contributed by atoms with Crippen LogP contribution in [0.1, 0.15) is 11.3 Å². The number of nitrogens with zero attached hydrogens (tertiary/aromatic N) is 5. The fraction of sp³-hybridized carbons (Fsp3) is 0.353. The van der Waals surface area contributed by atoms with Crippen molar-refractivity contribution in [2.75, 3.05) is 36.5 Å². The Morgan fingerprint density at radius 2 is 2.08 bits per heavy atom. The molecule has 3 heterocycles.